The van der Waals surface area contributed by atoms with Gasteiger partial charge in [0.15, 0.2) is 5.60 Å². The lowest BCUT2D eigenvalue weighted by atomic mass is 9.81. The van der Waals surface area contributed by atoms with E-state index < -0.39 is 17.6 Å². The Labute approximate surface area is 222 Å². The number of carbonyl (C=O) groups excluding carboxylic acids is 2. The van der Waals surface area contributed by atoms with E-state index in [2.05, 4.69) is 5.32 Å². The van der Waals surface area contributed by atoms with Crippen molar-refractivity contribution in [2.45, 2.75) is 57.9 Å². The predicted octanol–water partition coefficient (Wildman–Crippen LogP) is 1.61. The Morgan fingerprint density at radius 2 is 2.13 bits per heavy atom. The summed E-state index contributed by atoms with van der Waals surface area (Å²) in [5.74, 6) is -1.48. The molecule has 0 saturated heterocycles. The monoisotopic (exact) mass is 536 g/mol. The second-order valence-electron chi connectivity index (χ2n) is 10.3. The van der Waals surface area contributed by atoms with Crippen LogP contribution < -0.4 is 16.6 Å². The van der Waals surface area contributed by atoms with Crippen molar-refractivity contribution in [1.82, 2.24) is 14.9 Å². The highest BCUT2D eigenvalue weighted by atomic mass is 19.1. The van der Waals surface area contributed by atoms with Gasteiger partial charge >= 0.3 is 5.97 Å². The highest BCUT2D eigenvalue weighted by molar-refractivity contribution is 5.94. The third-order valence-electron chi connectivity index (χ3n) is 8.21. The first-order chi connectivity index (χ1) is 18.7. The van der Waals surface area contributed by atoms with Crippen molar-refractivity contribution in [3.05, 3.63) is 61.7 Å². The van der Waals surface area contributed by atoms with Gasteiger partial charge in [0.2, 0.25) is 5.91 Å². The molecular formula is C28H29FN4O6. The normalized spacial score (nSPS) is 20.8. The number of esters is 1. The molecule has 0 radical (unpaired) electrons. The summed E-state index contributed by atoms with van der Waals surface area (Å²) in [6, 6.07) is 2.60. The number of nitrogens with zero attached hydrogens (tertiary/aromatic N) is 2. The summed E-state index contributed by atoms with van der Waals surface area (Å²) in [5.41, 5.74) is 7.78. The Bertz CT molecular complexity index is 1630. The third-order valence-corrected chi connectivity index (χ3v) is 8.21. The van der Waals surface area contributed by atoms with Crippen LogP contribution in [0.1, 0.15) is 59.2 Å². The second kappa shape index (κ2) is 9.22. The first-order valence-corrected chi connectivity index (χ1v) is 13.1. The van der Waals surface area contributed by atoms with Crippen LogP contribution in [0.5, 0.6) is 0 Å². The second-order valence-corrected chi connectivity index (χ2v) is 10.3. The number of benzene rings is 1. The van der Waals surface area contributed by atoms with Gasteiger partial charge in [-0.1, -0.05) is 6.92 Å². The van der Waals surface area contributed by atoms with Crippen LogP contribution in [-0.2, 0) is 44.2 Å². The number of aromatic nitrogens is 2. The number of cyclic esters (lactones) is 1. The molecule has 1 aliphatic carbocycles. The standard InChI is InChI=1S/C28H29FN4O6/c1-3-28(37)17-8-21-25-15(10-33(21)26(35)16(17)11-39-27(28)36)24-19(31-22(34)12-38-7-6-30)5-4-14-13(2)18(29)9-20(32-25)23(14)24/h8-9,19,37H,3-7,10-12,30H2,1-2H3,(H,31,34)/t19-,28-/m0/s1. The number of pyridine rings is 2. The number of nitrogens with two attached hydrogens (primary N) is 1. The Kier molecular flexibility index (Phi) is 6.05. The fourth-order valence-corrected chi connectivity index (χ4v) is 6.18. The zero-order valence-corrected chi connectivity index (χ0v) is 21.7. The number of hydrogen-bond donors (Lipinski definition) is 3. The summed E-state index contributed by atoms with van der Waals surface area (Å²) in [7, 11) is 0. The highest BCUT2D eigenvalue weighted by Crippen LogP contribution is 2.45. The van der Waals surface area contributed by atoms with Crippen LogP contribution in [0.25, 0.3) is 22.3 Å². The van der Waals surface area contributed by atoms with Crippen molar-refractivity contribution < 1.29 is 28.6 Å². The zero-order chi connectivity index (χ0) is 27.6. The largest absolute Gasteiger partial charge is 0.458 e. The lowest BCUT2D eigenvalue weighted by Crippen LogP contribution is -2.44. The number of halogens is 1. The van der Waals surface area contributed by atoms with Gasteiger partial charge < -0.3 is 30.2 Å². The Morgan fingerprint density at radius 3 is 2.87 bits per heavy atom. The number of nitrogens with one attached hydrogen (secondary N) is 1. The summed E-state index contributed by atoms with van der Waals surface area (Å²) in [4.78, 5) is 43.7. The first-order valence-electron chi connectivity index (χ1n) is 13.1. The number of ether oxygens (including phenoxy) is 2. The molecule has 39 heavy (non-hydrogen) atoms. The fraction of sp³-hybridized carbons (Fsp3) is 0.429. The van der Waals surface area contributed by atoms with Crippen LogP contribution in [0.3, 0.4) is 0 Å². The number of amides is 1. The summed E-state index contributed by atoms with van der Waals surface area (Å²) in [6.45, 7) is 3.74. The SMILES string of the molecule is CC[C@@]1(O)C(=O)OCc2c1cc1n(c2=O)Cc2c-1nc1cc(F)c(C)c3c1c2[C@@H](NC(=O)COCCN)CC3. The maximum atomic E-state index is 15.0. The van der Waals surface area contributed by atoms with Gasteiger partial charge in [-0.15, -0.1) is 0 Å². The van der Waals surface area contributed by atoms with Crippen LogP contribution in [0.4, 0.5) is 4.39 Å². The average molecular weight is 537 g/mol. The van der Waals surface area contributed by atoms with Gasteiger partial charge in [-0.2, -0.15) is 0 Å². The minimum atomic E-state index is -1.95. The van der Waals surface area contributed by atoms with Crippen molar-refractivity contribution in [2.24, 2.45) is 5.73 Å². The van der Waals surface area contributed by atoms with E-state index in [0.717, 1.165) is 22.1 Å². The summed E-state index contributed by atoms with van der Waals surface area (Å²) in [5, 5.41) is 15.0. The molecule has 0 saturated carbocycles. The van der Waals surface area contributed by atoms with E-state index in [1.165, 1.54) is 6.07 Å². The van der Waals surface area contributed by atoms with Gasteiger partial charge in [0, 0.05) is 29.1 Å². The molecule has 0 unspecified atom stereocenters. The summed E-state index contributed by atoms with van der Waals surface area (Å²) >= 11 is 0. The van der Waals surface area contributed by atoms with E-state index in [0.29, 0.717) is 41.9 Å². The van der Waals surface area contributed by atoms with E-state index in [9.17, 15) is 23.9 Å². The number of hydrogen-bond acceptors (Lipinski definition) is 8. The minimum Gasteiger partial charge on any atom is -0.458 e. The van der Waals surface area contributed by atoms with Gasteiger partial charge in [-0.3, -0.25) is 9.59 Å². The van der Waals surface area contributed by atoms with Crippen LogP contribution in [-0.4, -0.2) is 46.3 Å². The molecule has 2 atom stereocenters. The quantitative estimate of drug-likeness (QED) is 0.249. The van der Waals surface area contributed by atoms with E-state index in [1.54, 1.807) is 24.5 Å². The highest BCUT2D eigenvalue weighted by Gasteiger charge is 2.46. The van der Waals surface area contributed by atoms with Crippen molar-refractivity contribution in [1.29, 1.82) is 0 Å². The topological polar surface area (TPSA) is 146 Å². The number of carbonyl (C=O) groups is 2. The lowest BCUT2D eigenvalue weighted by Gasteiger charge is -2.31. The van der Waals surface area contributed by atoms with Gasteiger partial charge in [-0.05, 0) is 48.9 Å². The number of aliphatic hydroxyl groups is 1. The molecule has 1 aromatic carbocycles. The molecule has 204 valence electrons. The average Bonchev–Trinajstić information content (AvgIpc) is 3.29. The van der Waals surface area contributed by atoms with Gasteiger partial charge in [0.05, 0.1) is 41.7 Å². The molecule has 1 amide bonds. The molecule has 11 heteroatoms. The number of fused-ring (bicyclic) bond motifs is 5. The summed E-state index contributed by atoms with van der Waals surface area (Å²) < 4.78 is 27.0. The van der Waals surface area contributed by atoms with Gasteiger partial charge in [-0.25, -0.2) is 14.2 Å². The minimum absolute atomic E-state index is 0.0269. The molecule has 4 N–H and O–H groups in total. The van der Waals surface area contributed by atoms with Crippen molar-refractivity contribution >= 4 is 22.8 Å². The Hall–Kier alpha value is -3.67. The molecule has 3 aromatic rings. The van der Waals surface area contributed by atoms with Crippen molar-refractivity contribution in [3.8, 4) is 11.4 Å². The molecule has 0 fully saturated rings. The van der Waals surface area contributed by atoms with E-state index in [-0.39, 0.29) is 61.2 Å². The van der Waals surface area contributed by atoms with Crippen LogP contribution in [0.2, 0.25) is 0 Å². The first kappa shape index (κ1) is 25.6. The van der Waals surface area contributed by atoms with E-state index >= 15 is 0 Å². The van der Waals surface area contributed by atoms with E-state index in [1.807, 2.05) is 0 Å². The molecule has 2 aliphatic heterocycles. The molecule has 4 heterocycles. The summed E-state index contributed by atoms with van der Waals surface area (Å²) in [6.07, 6.45) is 1.11. The van der Waals surface area contributed by atoms with Crippen molar-refractivity contribution in [3.63, 3.8) is 0 Å². The maximum Gasteiger partial charge on any atom is 0.343 e. The molecule has 6 rings (SSSR count). The molecule has 0 bridgehead atoms. The molecular weight excluding hydrogens is 507 g/mol. The molecule has 0 spiro atoms. The third kappa shape index (κ3) is 3.71. The van der Waals surface area contributed by atoms with Gasteiger partial charge in [0.1, 0.15) is 19.0 Å². The van der Waals surface area contributed by atoms with Crippen molar-refractivity contribution in [2.75, 3.05) is 19.8 Å². The van der Waals surface area contributed by atoms with Crippen LogP contribution >= 0.6 is 0 Å². The van der Waals surface area contributed by atoms with E-state index in [4.69, 9.17) is 20.2 Å². The van der Waals surface area contributed by atoms with Crippen LogP contribution in [0.15, 0.2) is 16.9 Å². The fourth-order valence-electron chi connectivity index (χ4n) is 6.18. The lowest BCUT2D eigenvalue weighted by molar-refractivity contribution is -0.172. The van der Waals surface area contributed by atoms with Gasteiger partial charge in [0.25, 0.3) is 5.56 Å². The zero-order valence-electron chi connectivity index (χ0n) is 21.7. The maximum absolute atomic E-state index is 15.0. The molecule has 3 aliphatic rings. The number of aryl methyl sites for hydroxylation is 1. The Balaban J connectivity index is 1.56. The molecule has 10 nitrogen and oxygen atoms in total. The molecule has 2 aromatic heterocycles. The smallest absolute Gasteiger partial charge is 0.343 e. The Morgan fingerprint density at radius 1 is 1.33 bits per heavy atom. The number of rotatable bonds is 6. The van der Waals surface area contributed by atoms with Crippen LogP contribution in [0, 0.1) is 12.7 Å². The predicted molar refractivity (Wildman–Crippen MR) is 138 cm³/mol.